The summed E-state index contributed by atoms with van der Waals surface area (Å²) in [6, 6.07) is 5.45. The second kappa shape index (κ2) is 5.87. The topological polar surface area (TPSA) is 18.5 Å². The molecule has 0 unspecified atom stereocenters. The van der Waals surface area contributed by atoms with Crippen LogP contribution in [0.4, 0.5) is 18.9 Å². The number of benzene rings is 1. The van der Waals surface area contributed by atoms with E-state index in [2.05, 4.69) is 5.32 Å². The molecule has 20 heavy (non-hydrogen) atoms. The number of alkyl halides is 3. The van der Waals surface area contributed by atoms with E-state index < -0.39 is 11.7 Å². The maximum atomic E-state index is 12.7. The molecular weight excluding hydrogens is 287 g/mol. The summed E-state index contributed by atoms with van der Waals surface area (Å²) in [5, 5.41) is 3.58. The van der Waals surface area contributed by atoms with Crippen LogP contribution in [0.15, 0.2) is 24.3 Å². The lowest BCUT2D eigenvalue weighted by Gasteiger charge is -2.37. The summed E-state index contributed by atoms with van der Waals surface area (Å²) in [6.45, 7) is 2.72. The van der Waals surface area contributed by atoms with E-state index >= 15 is 0 Å². The van der Waals surface area contributed by atoms with Crippen molar-refractivity contribution in [3.63, 3.8) is 0 Å². The van der Waals surface area contributed by atoms with Gasteiger partial charge in [0.1, 0.15) is 0 Å². The van der Waals surface area contributed by atoms with Gasteiger partial charge in [0.25, 0.3) is 0 Å². The number of thiocarbonyl (C=S) groups is 1. The van der Waals surface area contributed by atoms with Crippen molar-refractivity contribution in [1.29, 1.82) is 0 Å². The maximum absolute atomic E-state index is 12.7. The Morgan fingerprint density at radius 2 is 1.85 bits per heavy atom. The van der Waals surface area contributed by atoms with Crippen LogP contribution < -0.4 is 10.2 Å². The van der Waals surface area contributed by atoms with E-state index in [1.54, 1.807) is 13.1 Å². The van der Waals surface area contributed by atoms with Gasteiger partial charge in [0, 0.05) is 38.9 Å². The number of piperazine rings is 1. The highest BCUT2D eigenvalue weighted by atomic mass is 32.1. The molecular formula is C13H16F3N3S. The van der Waals surface area contributed by atoms with Gasteiger partial charge in [-0.25, -0.2) is 0 Å². The van der Waals surface area contributed by atoms with Crippen LogP contribution in [-0.2, 0) is 6.18 Å². The summed E-state index contributed by atoms with van der Waals surface area (Å²) in [6.07, 6.45) is -4.30. The molecule has 1 heterocycles. The van der Waals surface area contributed by atoms with Gasteiger partial charge in [-0.1, -0.05) is 6.07 Å². The zero-order valence-electron chi connectivity index (χ0n) is 11.1. The molecule has 1 aromatic carbocycles. The third-order valence-electron chi connectivity index (χ3n) is 3.32. The minimum atomic E-state index is -4.30. The molecule has 1 aliphatic heterocycles. The van der Waals surface area contributed by atoms with Gasteiger partial charge in [-0.2, -0.15) is 13.2 Å². The van der Waals surface area contributed by atoms with Gasteiger partial charge in [0.15, 0.2) is 5.11 Å². The van der Waals surface area contributed by atoms with E-state index in [4.69, 9.17) is 12.2 Å². The lowest BCUT2D eigenvalue weighted by atomic mass is 10.1. The van der Waals surface area contributed by atoms with E-state index in [1.165, 1.54) is 12.1 Å². The second-order valence-electron chi connectivity index (χ2n) is 4.58. The SMILES string of the molecule is CNC(=S)N1CCN(c2cccc(C(F)(F)F)c2)CC1. The minimum Gasteiger partial charge on any atom is -0.368 e. The quantitative estimate of drug-likeness (QED) is 0.802. The lowest BCUT2D eigenvalue weighted by Crippen LogP contribution is -2.51. The third-order valence-corrected chi connectivity index (χ3v) is 3.78. The molecule has 0 radical (unpaired) electrons. The van der Waals surface area contributed by atoms with Crippen molar-refractivity contribution in [2.75, 3.05) is 38.1 Å². The van der Waals surface area contributed by atoms with Crippen LogP contribution in [0.1, 0.15) is 5.56 Å². The number of hydrogen-bond donors (Lipinski definition) is 1. The molecule has 0 atom stereocenters. The first kappa shape index (κ1) is 14.9. The molecule has 1 N–H and O–H groups in total. The Kier molecular flexibility index (Phi) is 4.37. The molecule has 110 valence electrons. The average Bonchev–Trinajstić information content (AvgIpc) is 2.46. The number of rotatable bonds is 1. The van der Waals surface area contributed by atoms with Gasteiger partial charge >= 0.3 is 6.18 Å². The lowest BCUT2D eigenvalue weighted by molar-refractivity contribution is -0.137. The van der Waals surface area contributed by atoms with Gasteiger partial charge in [-0.15, -0.1) is 0 Å². The third kappa shape index (κ3) is 3.33. The van der Waals surface area contributed by atoms with Crippen LogP contribution >= 0.6 is 12.2 Å². The Morgan fingerprint density at radius 3 is 2.40 bits per heavy atom. The van der Waals surface area contributed by atoms with Gasteiger partial charge in [-0.3, -0.25) is 0 Å². The number of nitrogens with one attached hydrogen (secondary N) is 1. The molecule has 0 aliphatic carbocycles. The van der Waals surface area contributed by atoms with Crippen LogP contribution in [0.25, 0.3) is 0 Å². The fourth-order valence-corrected chi connectivity index (χ4v) is 2.39. The van der Waals surface area contributed by atoms with E-state index in [1.807, 2.05) is 9.80 Å². The molecule has 2 rings (SSSR count). The highest BCUT2D eigenvalue weighted by molar-refractivity contribution is 7.80. The number of hydrogen-bond acceptors (Lipinski definition) is 2. The van der Waals surface area contributed by atoms with Crippen LogP contribution in [0.5, 0.6) is 0 Å². The van der Waals surface area contributed by atoms with Gasteiger partial charge in [0.05, 0.1) is 5.56 Å². The first-order valence-corrected chi connectivity index (χ1v) is 6.71. The van der Waals surface area contributed by atoms with E-state index in [0.717, 1.165) is 6.07 Å². The molecule has 0 spiro atoms. The predicted molar refractivity (Wildman–Crippen MR) is 76.9 cm³/mol. The smallest absolute Gasteiger partial charge is 0.368 e. The van der Waals surface area contributed by atoms with Crippen molar-refractivity contribution in [2.24, 2.45) is 0 Å². The van der Waals surface area contributed by atoms with E-state index in [9.17, 15) is 13.2 Å². The molecule has 1 aliphatic rings. The summed E-state index contributed by atoms with van der Waals surface area (Å²) in [5.74, 6) is 0. The molecule has 1 fully saturated rings. The Balaban J connectivity index is 2.06. The minimum absolute atomic E-state index is 0.606. The van der Waals surface area contributed by atoms with Gasteiger partial charge in [-0.05, 0) is 30.4 Å². The summed E-state index contributed by atoms with van der Waals surface area (Å²) in [5.41, 5.74) is -0.00183. The number of anilines is 1. The zero-order chi connectivity index (χ0) is 14.8. The molecule has 0 bridgehead atoms. The fraction of sp³-hybridized carbons (Fsp3) is 0.462. The predicted octanol–water partition coefficient (Wildman–Crippen LogP) is 2.33. The van der Waals surface area contributed by atoms with Crippen molar-refractivity contribution in [2.45, 2.75) is 6.18 Å². The molecule has 1 saturated heterocycles. The van der Waals surface area contributed by atoms with Crippen LogP contribution in [0.2, 0.25) is 0 Å². The van der Waals surface area contributed by atoms with Gasteiger partial charge in [0.2, 0.25) is 0 Å². The van der Waals surface area contributed by atoms with Crippen molar-refractivity contribution in [3.8, 4) is 0 Å². The van der Waals surface area contributed by atoms with E-state index in [0.29, 0.717) is 37.0 Å². The normalized spacial score (nSPS) is 16.2. The summed E-state index contributed by atoms with van der Waals surface area (Å²) in [7, 11) is 1.77. The number of halogens is 3. The van der Waals surface area contributed by atoms with Crippen LogP contribution in [0, 0.1) is 0 Å². The molecule has 0 aromatic heterocycles. The van der Waals surface area contributed by atoms with Crippen LogP contribution in [0.3, 0.4) is 0 Å². The van der Waals surface area contributed by atoms with Crippen molar-refractivity contribution >= 4 is 23.0 Å². The van der Waals surface area contributed by atoms with Crippen molar-refractivity contribution < 1.29 is 13.2 Å². The van der Waals surface area contributed by atoms with Crippen LogP contribution in [-0.4, -0.2) is 43.2 Å². The monoisotopic (exact) mass is 303 g/mol. The summed E-state index contributed by atoms with van der Waals surface area (Å²) in [4.78, 5) is 3.96. The molecule has 0 amide bonds. The Morgan fingerprint density at radius 1 is 1.20 bits per heavy atom. The first-order chi connectivity index (χ1) is 9.41. The van der Waals surface area contributed by atoms with Crippen molar-refractivity contribution in [1.82, 2.24) is 10.2 Å². The molecule has 1 aromatic rings. The Bertz CT molecular complexity index is 482. The molecule has 3 nitrogen and oxygen atoms in total. The average molecular weight is 303 g/mol. The highest BCUT2D eigenvalue weighted by Crippen LogP contribution is 2.31. The second-order valence-corrected chi connectivity index (χ2v) is 4.96. The number of nitrogens with zero attached hydrogens (tertiary/aromatic N) is 2. The summed E-state index contributed by atoms with van der Waals surface area (Å²) >= 11 is 5.15. The standard InChI is InChI=1S/C13H16F3N3S/c1-17-12(20)19-7-5-18(6-8-19)11-4-2-3-10(9-11)13(14,15)16/h2-4,9H,5-8H2,1H3,(H,17,20). The molecule has 0 saturated carbocycles. The Hall–Kier alpha value is -1.50. The van der Waals surface area contributed by atoms with E-state index in [-0.39, 0.29) is 0 Å². The highest BCUT2D eigenvalue weighted by Gasteiger charge is 2.31. The van der Waals surface area contributed by atoms with Gasteiger partial charge < -0.3 is 15.1 Å². The summed E-state index contributed by atoms with van der Waals surface area (Å²) < 4.78 is 38.1. The fourth-order valence-electron chi connectivity index (χ4n) is 2.20. The van der Waals surface area contributed by atoms with Crippen molar-refractivity contribution in [3.05, 3.63) is 29.8 Å². The Labute approximate surface area is 121 Å². The largest absolute Gasteiger partial charge is 0.416 e. The first-order valence-electron chi connectivity index (χ1n) is 6.30. The maximum Gasteiger partial charge on any atom is 0.416 e. The molecule has 7 heteroatoms. The zero-order valence-corrected chi connectivity index (χ0v) is 11.9.